The van der Waals surface area contributed by atoms with Crippen molar-refractivity contribution in [3.05, 3.63) is 69.7 Å². The van der Waals surface area contributed by atoms with E-state index in [9.17, 15) is 23.5 Å². The van der Waals surface area contributed by atoms with Crippen LogP contribution in [-0.4, -0.2) is 46.3 Å². The number of amides is 2. The summed E-state index contributed by atoms with van der Waals surface area (Å²) in [6.45, 7) is 6.43. The van der Waals surface area contributed by atoms with Gasteiger partial charge in [0, 0.05) is 17.5 Å². The zero-order chi connectivity index (χ0) is 26.0. The van der Waals surface area contributed by atoms with E-state index in [0.29, 0.717) is 12.8 Å². The highest BCUT2D eigenvalue weighted by Crippen LogP contribution is 2.52. The third-order valence-electron chi connectivity index (χ3n) is 5.82. The van der Waals surface area contributed by atoms with Crippen molar-refractivity contribution < 1.29 is 28.2 Å². The van der Waals surface area contributed by atoms with Gasteiger partial charge in [0.15, 0.2) is 0 Å². The Morgan fingerprint density at radius 3 is 2.31 bits per heavy atom. The Balaban J connectivity index is 1.91. The Labute approximate surface area is 212 Å². The maximum atomic E-state index is 13.7. The van der Waals surface area contributed by atoms with Gasteiger partial charge in [0.1, 0.15) is 17.2 Å². The molecule has 0 saturated heterocycles. The molecule has 1 aliphatic carbocycles. The van der Waals surface area contributed by atoms with Crippen molar-refractivity contribution in [2.24, 2.45) is 0 Å². The predicted molar refractivity (Wildman–Crippen MR) is 132 cm³/mol. The fraction of sp³-hybridized carbons (Fsp3) is 0.462. The minimum atomic E-state index is -1.23. The molecule has 2 atom stereocenters. The van der Waals surface area contributed by atoms with Crippen molar-refractivity contribution in [3.8, 4) is 0 Å². The predicted octanol–water partition coefficient (Wildman–Crippen LogP) is 5.06. The Bertz CT molecular complexity index is 1070. The van der Waals surface area contributed by atoms with Gasteiger partial charge in [0.25, 0.3) is 0 Å². The van der Waals surface area contributed by atoms with Crippen LogP contribution < -0.4 is 5.32 Å². The standard InChI is InChI=1S/C26H31BrF2N2O4/c1-16(32)30-22(12-17-10-20(28)14-21(29)11-17)23(33)15-31(24(34)35-25(2,3)4)26(8-9-26)18-6-5-7-19(27)13-18/h5-7,10-11,13-14,22-23,33H,8-9,12,15H2,1-4H3,(H,30,32). The van der Waals surface area contributed by atoms with Gasteiger partial charge >= 0.3 is 6.09 Å². The first-order valence-electron chi connectivity index (χ1n) is 11.5. The van der Waals surface area contributed by atoms with E-state index in [1.165, 1.54) is 11.8 Å². The summed E-state index contributed by atoms with van der Waals surface area (Å²) in [7, 11) is 0. The minimum absolute atomic E-state index is 0.0263. The van der Waals surface area contributed by atoms with Crippen molar-refractivity contribution in [2.75, 3.05) is 6.54 Å². The lowest BCUT2D eigenvalue weighted by Gasteiger charge is -2.37. The van der Waals surface area contributed by atoms with E-state index in [1.807, 2.05) is 24.3 Å². The first-order valence-corrected chi connectivity index (χ1v) is 12.3. The molecule has 2 N–H and O–H groups in total. The normalized spacial score (nSPS) is 16.2. The van der Waals surface area contributed by atoms with E-state index in [1.54, 1.807) is 20.8 Å². The van der Waals surface area contributed by atoms with Gasteiger partial charge in [-0.15, -0.1) is 0 Å². The van der Waals surface area contributed by atoms with Crippen molar-refractivity contribution in [2.45, 2.75) is 70.2 Å². The van der Waals surface area contributed by atoms with E-state index in [-0.39, 0.29) is 18.5 Å². The number of aliphatic hydroxyl groups excluding tert-OH is 1. The van der Waals surface area contributed by atoms with E-state index >= 15 is 0 Å². The quantitative estimate of drug-likeness (QED) is 0.479. The van der Waals surface area contributed by atoms with Crippen LogP contribution in [0.3, 0.4) is 0 Å². The van der Waals surface area contributed by atoms with Crippen LogP contribution in [0.1, 0.15) is 51.7 Å². The minimum Gasteiger partial charge on any atom is -0.444 e. The van der Waals surface area contributed by atoms with Gasteiger partial charge < -0.3 is 15.2 Å². The summed E-state index contributed by atoms with van der Waals surface area (Å²) in [6.07, 6.45) is -0.499. The number of carbonyl (C=O) groups excluding carboxylic acids is 2. The molecule has 1 aliphatic rings. The first kappa shape index (κ1) is 27.1. The SMILES string of the molecule is CC(=O)NC(Cc1cc(F)cc(F)c1)C(O)CN(C(=O)OC(C)(C)C)C1(c2cccc(Br)c2)CC1. The van der Waals surface area contributed by atoms with Crippen LogP contribution in [0, 0.1) is 11.6 Å². The van der Waals surface area contributed by atoms with Crippen LogP contribution in [0.4, 0.5) is 13.6 Å². The Morgan fingerprint density at radius 2 is 1.80 bits per heavy atom. The molecule has 0 radical (unpaired) electrons. The zero-order valence-corrected chi connectivity index (χ0v) is 21.9. The molecule has 0 aromatic heterocycles. The van der Waals surface area contributed by atoms with E-state index in [0.717, 1.165) is 28.2 Å². The molecule has 2 amide bonds. The molecular formula is C26H31BrF2N2O4. The van der Waals surface area contributed by atoms with E-state index in [2.05, 4.69) is 21.2 Å². The summed E-state index contributed by atoms with van der Waals surface area (Å²) in [6, 6.07) is 9.78. The highest BCUT2D eigenvalue weighted by molar-refractivity contribution is 9.10. The van der Waals surface area contributed by atoms with Crippen LogP contribution >= 0.6 is 15.9 Å². The van der Waals surface area contributed by atoms with Gasteiger partial charge in [-0.3, -0.25) is 9.69 Å². The Hall–Kier alpha value is -2.52. The number of carbonyl (C=O) groups is 2. The van der Waals surface area contributed by atoms with Crippen molar-refractivity contribution in [1.29, 1.82) is 0 Å². The second kappa shape index (κ2) is 10.6. The lowest BCUT2D eigenvalue weighted by molar-refractivity contribution is -0.120. The molecular weight excluding hydrogens is 522 g/mol. The number of nitrogens with one attached hydrogen (secondary N) is 1. The van der Waals surface area contributed by atoms with Crippen molar-refractivity contribution in [3.63, 3.8) is 0 Å². The average Bonchev–Trinajstić information content (AvgIpc) is 3.50. The lowest BCUT2D eigenvalue weighted by Crippen LogP contribution is -2.53. The summed E-state index contributed by atoms with van der Waals surface area (Å²) in [5, 5.41) is 13.9. The zero-order valence-electron chi connectivity index (χ0n) is 20.3. The molecule has 0 spiro atoms. The Morgan fingerprint density at radius 1 is 1.17 bits per heavy atom. The highest BCUT2D eigenvalue weighted by atomic mass is 79.9. The second-order valence-corrected chi connectivity index (χ2v) is 10.9. The molecule has 2 aromatic rings. The van der Waals surface area contributed by atoms with E-state index in [4.69, 9.17) is 4.74 Å². The number of halogens is 3. The molecule has 2 aromatic carbocycles. The summed E-state index contributed by atoms with van der Waals surface area (Å²) < 4.78 is 34.0. The van der Waals surface area contributed by atoms with Gasteiger partial charge in [-0.1, -0.05) is 28.1 Å². The fourth-order valence-electron chi connectivity index (χ4n) is 4.19. The molecule has 9 heteroatoms. The molecule has 6 nitrogen and oxygen atoms in total. The summed E-state index contributed by atoms with van der Waals surface area (Å²) in [5.74, 6) is -1.92. The fourth-order valence-corrected chi connectivity index (χ4v) is 4.59. The molecule has 35 heavy (non-hydrogen) atoms. The largest absolute Gasteiger partial charge is 0.444 e. The number of aliphatic hydroxyl groups is 1. The third-order valence-corrected chi connectivity index (χ3v) is 6.31. The summed E-state index contributed by atoms with van der Waals surface area (Å²) in [4.78, 5) is 26.7. The molecule has 1 fully saturated rings. The topological polar surface area (TPSA) is 78.9 Å². The van der Waals surface area contributed by atoms with Crippen LogP contribution in [0.5, 0.6) is 0 Å². The Kier molecular flexibility index (Phi) is 8.21. The number of ether oxygens (including phenoxy) is 1. The monoisotopic (exact) mass is 552 g/mol. The average molecular weight is 553 g/mol. The first-order chi connectivity index (χ1) is 16.3. The van der Waals surface area contributed by atoms with Crippen LogP contribution in [0.2, 0.25) is 0 Å². The molecule has 190 valence electrons. The van der Waals surface area contributed by atoms with Crippen LogP contribution in [0.15, 0.2) is 46.9 Å². The number of hydrogen-bond acceptors (Lipinski definition) is 4. The molecule has 0 aliphatic heterocycles. The number of hydrogen-bond donors (Lipinski definition) is 2. The van der Waals surface area contributed by atoms with Gasteiger partial charge in [-0.05, 0) is 75.4 Å². The smallest absolute Gasteiger partial charge is 0.411 e. The van der Waals surface area contributed by atoms with Gasteiger partial charge in [0.2, 0.25) is 5.91 Å². The molecule has 0 bridgehead atoms. The van der Waals surface area contributed by atoms with E-state index < -0.39 is 46.9 Å². The molecule has 0 heterocycles. The summed E-state index contributed by atoms with van der Waals surface area (Å²) in [5.41, 5.74) is -0.256. The second-order valence-electron chi connectivity index (χ2n) is 9.99. The van der Waals surface area contributed by atoms with Crippen LogP contribution in [0.25, 0.3) is 0 Å². The number of nitrogens with zero attached hydrogens (tertiary/aromatic N) is 1. The van der Waals surface area contributed by atoms with Crippen LogP contribution in [-0.2, 0) is 21.5 Å². The van der Waals surface area contributed by atoms with Gasteiger partial charge in [-0.25, -0.2) is 13.6 Å². The third kappa shape index (κ3) is 7.24. The van der Waals surface area contributed by atoms with Gasteiger partial charge in [-0.2, -0.15) is 0 Å². The maximum Gasteiger partial charge on any atom is 0.411 e. The number of rotatable bonds is 8. The van der Waals surface area contributed by atoms with Gasteiger partial charge in [0.05, 0.1) is 24.2 Å². The van der Waals surface area contributed by atoms with Crippen molar-refractivity contribution in [1.82, 2.24) is 10.2 Å². The molecule has 3 rings (SSSR count). The summed E-state index contributed by atoms with van der Waals surface area (Å²) >= 11 is 3.47. The maximum absolute atomic E-state index is 13.7. The number of benzene rings is 2. The lowest BCUT2D eigenvalue weighted by atomic mass is 9.98. The molecule has 2 unspecified atom stereocenters. The van der Waals surface area contributed by atoms with Crippen molar-refractivity contribution >= 4 is 27.9 Å². The highest BCUT2D eigenvalue weighted by Gasteiger charge is 2.53. The molecule has 1 saturated carbocycles.